The van der Waals surface area contributed by atoms with Crippen LogP contribution >= 0.6 is 11.9 Å². The highest BCUT2D eigenvalue weighted by atomic mass is 32.2. The first kappa shape index (κ1) is 8.66. The van der Waals surface area contributed by atoms with Gasteiger partial charge in [0.15, 0.2) is 0 Å². The lowest BCUT2D eigenvalue weighted by Crippen LogP contribution is -1.98. The maximum absolute atomic E-state index is 3.20. The summed E-state index contributed by atoms with van der Waals surface area (Å²) in [5.74, 6) is 0. The Balaban J connectivity index is 2.37. The number of hydrogen-bond donors (Lipinski definition) is 1. The van der Waals surface area contributed by atoms with Crippen LogP contribution in [0.5, 0.6) is 0 Å². The molecule has 0 aliphatic heterocycles. The third-order valence-corrected chi connectivity index (χ3v) is 2.64. The number of fused-ring (bicyclic) bond motifs is 1. The monoisotopic (exact) mass is 192 g/mol. The Morgan fingerprint density at radius 2 is 2.08 bits per heavy atom. The van der Waals surface area contributed by atoms with E-state index in [-0.39, 0.29) is 0 Å². The fraction of sp³-hybridized carbons (Fsp3) is 0.200. The van der Waals surface area contributed by atoms with Crippen molar-refractivity contribution in [1.29, 1.82) is 0 Å². The molecule has 13 heavy (non-hydrogen) atoms. The fourth-order valence-electron chi connectivity index (χ4n) is 1.29. The van der Waals surface area contributed by atoms with Gasteiger partial charge in [-0.3, -0.25) is 4.31 Å². The predicted molar refractivity (Wildman–Crippen MR) is 57.8 cm³/mol. The second kappa shape index (κ2) is 3.44. The highest BCUT2D eigenvalue weighted by Crippen LogP contribution is 2.23. The van der Waals surface area contributed by atoms with E-state index in [0.717, 1.165) is 0 Å². The second-order valence-corrected chi connectivity index (χ2v) is 4.51. The van der Waals surface area contributed by atoms with Crippen molar-refractivity contribution >= 4 is 22.9 Å². The van der Waals surface area contributed by atoms with Crippen molar-refractivity contribution in [2.45, 2.75) is 4.90 Å². The van der Waals surface area contributed by atoms with E-state index in [1.54, 1.807) is 11.9 Å². The van der Waals surface area contributed by atoms with Crippen LogP contribution in [0, 0.1) is 0 Å². The topological polar surface area (TPSA) is 19.0 Å². The Kier molecular flexibility index (Phi) is 2.29. The Bertz CT molecular complexity index is 406. The highest BCUT2D eigenvalue weighted by molar-refractivity contribution is 7.97. The van der Waals surface area contributed by atoms with Gasteiger partial charge >= 0.3 is 0 Å². The van der Waals surface area contributed by atoms with E-state index in [1.807, 2.05) is 20.3 Å². The van der Waals surface area contributed by atoms with Gasteiger partial charge in [-0.05, 0) is 49.6 Å². The summed E-state index contributed by atoms with van der Waals surface area (Å²) in [7, 11) is 4.09. The molecular formula is C10H12N2S. The van der Waals surface area contributed by atoms with Gasteiger partial charge in [-0.2, -0.15) is 0 Å². The molecule has 1 aromatic carbocycles. The van der Waals surface area contributed by atoms with Crippen LogP contribution in [0.15, 0.2) is 35.4 Å². The van der Waals surface area contributed by atoms with Gasteiger partial charge in [0, 0.05) is 16.6 Å². The van der Waals surface area contributed by atoms with Crippen LogP contribution in [0.25, 0.3) is 10.9 Å². The molecule has 1 aromatic heterocycles. The molecule has 0 aliphatic carbocycles. The molecule has 0 aliphatic rings. The minimum atomic E-state index is 1.20. The maximum Gasteiger partial charge on any atom is 0.0465 e. The van der Waals surface area contributed by atoms with Gasteiger partial charge in [0.05, 0.1) is 0 Å². The van der Waals surface area contributed by atoms with E-state index in [0.29, 0.717) is 0 Å². The van der Waals surface area contributed by atoms with Gasteiger partial charge in [-0.15, -0.1) is 0 Å². The first-order valence-corrected chi connectivity index (χ1v) is 4.95. The molecule has 0 radical (unpaired) electrons. The summed E-state index contributed by atoms with van der Waals surface area (Å²) < 4.78 is 2.09. The van der Waals surface area contributed by atoms with Gasteiger partial charge in [0.2, 0.25) is 0 Å². The first-order chi connectivity index (χ1) is 6.25. The van der Waals surface area contributed by atoms with Gasteiger partial charge in [-0.25, -0.2) is 0 Å². The zero-order valence-electron chi connectivity index (χ0n) is 7.74. The summed E-state index contributed by atoms with van der Waals surface area (Å²) in [5, 5.41) is 1.27. The molecule has 3 heteroatoms. The number of benzene rings is 1. The van der Waals surface area contributed by atoms with Crippen molar-refractivity contribution in [2.24, 2.45) is 0 Å². The van der Waals surface area contributed by atoms with Crippen molar-refractivity contribution < 1.29 is 0 Å². The lowest BCUT2D eigenvalue weighted by Gasteiger charge is -2.07. The summed E-state index contributed by atoms with van der Waals surface area (Å²) in [6, 6.07) is 8.53. The summed E-state index contributed by atoms with van der Waals surface area (Å²) >= 11 is 1.73. The van der Waals surface area contributed by atoms with E-state index in [2.05, 4.69) is 33.6 Å². The van der Waals surface area contributed by atoms with E-state index in [1.165, 1.54) is 15.8 Å². The third-order valence-electron chi connectivity index (χ3n) is 1.81. The van der Waals surface area contributed by atoms with Crippen molar-refractivity contribution in [3.63, 3.8) is 0 Å². The minimum Gasteiger partial charge on any atom is -0.361 e. The number of aromatic nitrogens is 1. The quantitative estimate of drug-likeness (QED) is 0.738. The molecule has 2 aromatic rings. The standard InChI is InChI=1S/C10H12N2S/c1-12(2)13-9-4-3-8-5-6-11-10(8)7-9/h3-7,11H,1-2H3. The zero-order valence-corrected chi connectivity index (χ0v) is 8.56. The van der Waals surface area contributed by atoms with Crippen LogP contribution in [0.4, 0.5) is 0 Å². The number of aromatic amines is 1. The molecule has 0 saturated carbocycles. The highest BCUT2D eigenvalue weighted by Gasteiger charge is 1.98. The van der Waals surface area contributed by atoms with Crippen molar-refractivity contribution in [1.82, 2.24) is 9.29 Å². The average molecular weight is 192 g/mol. The maximum atomic E-state index is 3.20. The molecular weight excluding hydrogens is 180 g/mol. The number of H-pyrrole nitrogens is 1. The van der Waals surface area contributed by atoms with Crippen LogP contribution in [0.3, 0.4) is 0 Å². The molecule has 0 unspecified atom stereocenters. The zero-order chi connectivity index (χ0) is 9.26. The largest absolute Gasteiger partial charge is 0.361 e. The lowest BCUT2D eigenvalue weighted by molar-refractivity contribution is 0.703. The fourth-order valence-corrected chi connectivity index (χ4v) is 2.02. The normalized spacial score (nSPS) is 11.3. The van der Waals surface area contributed by atoms with E-state index >= 15 is 0 Å². The summed E-state index contributed by atoms with van der Waals surface area (Å²) in [5.41, 5.74) is 1.20. The molecule has 0 fully saturated rings. The smallest absolute Gasteiger partial charge is 0.0465 e. The molecule has 2 nitrogen and oxygen atoms in total. The minimum absolute atomic E-state index is 1.20. The van der Waals surface area contributed by atoms with E-state index in [9.17, 15) is 0 Å². The number of rotatable bonds is 2. The summed E-state index contributed by atoms with van der Waals surface area (Å²) in [4.78, 5) is 4.47. The molecule has 68 valence electrons. The number of nitrogens with zero attached hydrogens (tertiary/aromatic N) is 1. The van der Waals surface area contributed by atoms with Crippen LogP contribution < -0.4 is 0 Å². The Hall–Kier alpha value is -0.930. The van der Waals surface area contributed by atoms with E-state index < -0.39 is 0 Å². The summed E-state index contributed by atoms with van der Waals surface area (Å²) in [6.45, 7) is 0. The van der Waals surface area contributed by atoms with Crippen LogP contribution in [-0.2, 0) is 0 Å². The average Bonchev–Trinajstić information content (AvgIpc) is 2.49. The van der Waals surface area contributed by atoms with Gasteiger partial charge in [-0.1, -0.05) is 6.07 Å². The van der Waals surface area contributed by atoms with Crippen LogP contribution in [-0.4, -0.2) is 23.4 Å². The lowest BCUT2D eigenvalue weighted by atomic mass is 10.2. The van der Waals surface area contributed by atoms with Crippen molar-refractivity contribution in [3.05, 3.63) is 30.5 Å². The molecule has 0 atom stereocenters. The molecule has 1 N–H and O–H groups in total. The predicted octanol–water partition coefficient (Wildman–Crippen LogP) is 2.74. The Morgan fingerprint density at radius 3 is 2.85 bits per heavy atom. The summed E-state index contributed by atoms with van der Waals surface area (Å²) in [6.07, 6.45) is 1.97. The van der Waals surface area contributed by atoms with Crippen LogP contribution in [0.1, 0.15) is 0 Å². The van der Waals surface area contributed by atoms with Crippen LogP contribution in [0.2, 0.25) is 0 Å². The first-order valence-electron chi connectivity index (χ1n) is 4.18. The molecule has 0 bridgehead atoms. The second-order valence-electron chi connectivity index (χ2n) is 3.13. The van der Waals surface area contributed by atoms with Crippen molar-refractivity contribution in [3.8, 4) is 0 Å². The van der Waals surface area contributed by atoms with Gasteiger partial charge < -0.3 is 4.98 Å². The number of nitrogens with one attached hydrogen (secondary N) is 1. The van der Waals surface area contributed by atoms with Crippen molar-refractivity contribution in [2.75, 3.05) is 14.1 Å². The van der Waals surface area contributed by atoms with Gasteiger partial charge in [0.1, 0.15) is 0 Å². The molecule has 0 saturated heterocycles. The third kappa shape index (κ3) is 1.87. The molecule has 2 rings (SSSR count). The molecule has 0 spiro atoms. The van der Waals surface area contributed by atoms with Gasteiger partial charge in [0.25, 0.3) is 0 Å². The Morgan fingerprint density at radius 1 is 1.23 bits per heavy atom. The molecule has 0 amide bonds. The number of hydrogen-bond acceptors (Lipinski definition) is 2. The van der Waals surface area contributed by atoms with E-state index in [4.69, 9.17) is 0 Å². The SMILES string of the molecule is CN(C)Sc1ccc2cc[nH]c2c1. The Labute approximate surface area is 82.1 Å². The molecule has 1 heterocycles.